The van der Waals surface area contributed by atoms with Crippen LogP contribution >= 0.6 is 0 Å². The minimum atomic E-state index is 1.04. The summed E-state index contributed by atoms with van der Waals surface area (Å²) in [4.78, 5) is 0. The smallest absolute Gasteiger partial charge is 0.00208 e. The third kappa shape index (κ3) is 1.07. The van der Waals surface area contributed by atoms with E-state index in [0.29, 0.717) is 0 Å². The Bertz CT molecular complexity index is 118. The first-order valence-electron chi connectivity index (χ1n) is 4.56. The molecule has 0 aromatic carbocycles. The fraction of sp³-hybridized carbons (Fsp3) is 1.00. The van der Waals surface area contributed by atoms with Crippen molar-refractivity contribution in [2.24, 2.45) is 17.8 Å². The number of hydrogen-bond acceptors (Lipinski definition) is 1. The molecular formula is C9H17N. The van der Waals surface area contributed by atoms with E-state index >= 15 is 0 Å². The molecule has 2 aliphatic carbocycles. The van der Waals surface area contributed by atoms with E-state index in [9.17, 15) is 0 Å². The van der Waals surface area contributed by atoms with Crippen molar-refractivity contribution in [3.63, 3.8) is 0 Å². The van der Waals surface area contributed by atoms with Gasteiger partial charge in [0.1, 0.15) is 0 Å². The lowest BCUT2D eigenvalue weighted by Crippen LogP contribution is -2.34. The highest BCUT2D eigenvalue weighted by atomic mass is 14.8. The lowest BCUT2D eigenvalue weighted by atomic mass is 9.71. The van der Waals surface area contributed by atoms with Gasteiger partial charge >= 0.3 is 0 Å². The summed E-state index contributed by atoms with van der Waals surface area (Å²) in [7, 11) is 2.07. The minimum absolute atomic E-state index is 1.04. The van der Waals surface area contributed by atoms with Crippen LogP contribution in [0.5, 0.6) is 0 Å². The second-order valence-electron chi connectivity index (χ2n) is 3.90. The van der Waals surface area contributed by atoms with Gasteiger partial charge in [-0.3, -0.25) is 0 Å². The Morgan fingerprint density at radius 2 is 2.00 bits per heavy atom. The molecule has 0 spiro atoms. The van der Waals surface area contributed by atoms with Crippen LogP contribution in [0, 0.1) is 17.8 Å². The van der Waals surface area contributed by atoms with Crippen LogP contribution in [0.2, 0.25) is 0 Å². The van der Waals surface area contributed by atoms with Crippen LogP contribution in [0.1, 0.15) is 25.7 Å². The molecule has 1 N–H and O–H groups in total. The molecule has 0 aromatic heterocycles. The summed E-state index contributed by atoms with van der Waals surface area (Å²) in [6.45, 7) is 1.27. The normalized spacial score (nSPS) is 39.3. The molecule has 2 unspecified atom stereocenters. The molecule has 58 valence electrons. The van der Waals surface area contributed by atoms with Gasteiger partial charge in [0.15, 0.2) is 0 Å². The molecule has 2 saturated carbocycles. The van der Waals surface area contributed by atoms with Gasteiger partial charge in [0.05, 0.1) is 0 Å². The zero-order chi connectivity index (χ0) is 6.97. The number of hydrogen-bond donors (Lipinski definition) is 1. The second-order valence-corrected chi connectivity index (χ2v) is 3.90. The Hall–Kier alpha value is -0.0400. The van der Waals surface area contributed by atoms with Gasteiger partial charge in [-0.1, -0.05) is 0 Å². The lowest BCUT2D eigenvalue weighted by Gasteiger charge is -2.36. The van der Waals surface area contributed by atoms with Crippen molar-refractivity contribution in [3.8, 4) is 0 Å². The second kappa shape index (κ2) is 2.54. The van der Waals surface area contributed by atoms with Crippen LogP contribution in [0.15, 0.2) is 0 Å². The van der Waals surface area contributed by atoms with E-state index in [1.165, 1.54) is 32.2 Å². The summed E-state index contributed by atoms with van der Waals surface area (Å²) in [5.41, 5.74) is 0. The van der Waals surface area contributed by atoms with Gasteiger partial charge in [-0.25, -0.2) is 0 Å². The quantitative estimate of drug-likeness (QED) is 0.627. The molecule has 2 rings (SSSR count). The summed E-state index contributed by atoms with van der Waals surface area (Å²) < 4.78 is 0. The predicted molar refractivity (Wildman–Crippen MR) is 42.9 cm³/mol. The van der Waals surface area contributed by atoms with E-state index in [1.807, 2.05) is 0 Å². The van der Waals surface area contributed by atoms with Crippen LogP contribution in [0.3, 0.4) is 0 Å². The molecule has 0 bridgehead atoms. The number of rotatable bonds is 3. The van der Waals surface area contributed by atoms with Crippen molar-refractivity contribution in [1.29, 1.82) is 0 Å². The summed E-state index contributed by atoms with van der Waals surface area (Å²) in [6.07, 6.45) is 6.08. The Balaban J connectivity index is 1.76. The zero-order valence-corrected chi connectivity index (χ0v) is 6.77. The molecule has 0 heterocycles. The van der Waals surface area contributed by atoms with Crippen molar-refractivity contribution in [2.75, 3.05) is 13.6 Å². The molecule has 0 saturated heterocycles. The Labute approximate surface area is 63.2 Å². The molecule has 0 radical (unpaired) electrons. The van der Waals surface area contributed by atoms with Gasteiger partial charge in [-0.2, -0.15) is 0 Å². The highest BCUT2D eigenvalue weighted by molar-refractivity contribution is 4.92. The first-order valence-corrected chi connectivity index (χ1v) is 4.56. The van der Waals surface area contributed by atoms with Crippen molar-refractivity contribution in [3.05, 3.63) is 0 Å². The summed E-state index contributed by atoms with van der Waals surface area (Å²) in [5, 5.41) is 3.28. The number of nitrogens with one attached hydrogen (secondary N) is 1. The van der Waals surface area contributed by atoms with Crippen LogP contribution in [0.25, 0.3) is 0 Å². The molecule has 0 amide bonds. The first-order chi connectivity index (χ1) is 4.92. The van der Waals surface area contributed by atoms with E-state index in [0.717, 1.165) is 17.8 Å². The molecule has 2 aliphatic rings. The van der Waals surface area contributed by atoms with Gasteiger partial charge in [0, 0.05) is 0 Å². The molecule has 10 heavy (non-hydrogen) atoms. The molecule has 1 heteroatoms. The Morgan fingerprint density at radius 1 is 1.20 bits per heavy atom. The van der Waals surface area contributed by atoms with E-state index < -0.39 is 0 Å². The van der Waals surface area contributed by atoms with Gasteiger partial charge < -0.3 is 5.32 Å². The van der Waals surface area contributed by atoms with Gasteiger partial charge in [0.2, 0.25) is 0 Å². The van der Waals surface area contributed by atoms with E-state index in [-0.39, 0.29) is 0 Å². The van der Waals surface area contributed by atoms with Crippen molar-refractivity contribution in [2.45, 2.75) is 25.7 Å². The monoisotopic (exact) mass is 139 g/mol. The zero-order valence-electron chi connectivity index (χ0n) is 6.77. The Morgan fingerprint density at radius 3 is 2.40 bits per heavy atom. The maximum Gasteiger partial charge on any atom is -0.00208 e. The third-order valence-electron chi connectivity index (χ3n) is 3.17. The largest absolute Gasteiger partial charge is 0.319 e. The van der Waals surface area contributed by atoms with Crippen LogP contribution in [0.4, 0.5) is 0 Å². The fourth-order valence-corrected chi connectivity index (χ4v) is 2.26. The van der Waals surface area contributed by atoms with Crippen LogP contribution in [-0.4, -0.2) is 13.6 Å². The first kappa shape index (κ1) is 6.66. The molecule has 2 fully saturated rings. The van der Waals surface area contributed by atoms with Crippen molar-refractivity contribution in [1.82, 2.24) is 5.32 Å². The highest BCUT2D eigenvalue weighted by Crippen LogP contribution is 2.49. The van der Waals surface area contributed by atoms with Crippen molar-refractivity contribution < 1.29 is 0 Å². The van der Waals surface area contributed by atoms with E-state index in [1.54, 1.807) is 0 Å². The summed E-state index contributed by atoms with van der Waals surface area (Å²) in [5.74, 6) is 3.30. The SMILES string of the molecule is CNCC1CCC1C1CC1. The Kier molecular flexibility index (Phi) is 1.69. The average Bonchev–Trinajstić information content (AvgIpc) is 2.64. The molecule has 2 atom stereocenters. The lowest BCUT2D eigenvalue weighted by molar-refractivity contribution is 0.149. The molecule has 0 aromatic rings. The highest BCUT2D eigenvalue weighted by Gasteiger charge is 2.41. The fourth-order valence-electron chi connectivity index (χ4n) is 2.26. The van der Waals surface area contributed by atoms with Gasteiger partial charge in [0.25, 0.3) is 0 Å². The third-order valence-corrected chi connectivity index (χ3v) is 3.17. The molecule has 1 nitrogen and oxygen atoms in total. The van der Waals surface area contributed by atoms with Crippen LogP contribution in [-0.2, 0) is 0 Å². The van der Waals surface area contributed by atoms with Crippen molar-refractivity contribution >= 4 is 0 Å². The average molecular weight is 139 g/mol. The summed E-state index contributed by atoms with van der Waals surface area (Å²) >= 11 is 0. The van der Waals surface area contributed by atoms with E-state index in [2.05, 4.69) is 12.4 Å². The van der Waals surface area contributed by atoms with Gasteiger partial charge in [-0.05, 0) is 57.0 Å². The molecular weight excluding hydrogens is 122 g/mol. The standard InChI is InChI=1S/C9H17N/c1-10-6-8-4-5-9(8)7-2-3-7/h7-10H,2-6H2,1H3. The maximum absolute atomic E-state index is 3.28. The molecule has 0 aliphatic heterocycles. The maximum atomic E-state index is 3.28. The van der Waals surface area contributed by atoms with Crippen LogP contribution < -0.4 is 5.32 Å². The van der Waals surface area contributed by atoms with Gasteiger partial charge in [-0.15, -0.1) is 0 Å². The summed E-state index contributed by atoms with van der Waals surface area (Å²) in [6, 6.07) is 0. The minimum Gasteiger partial charge on any atom is -0.319 e. The predicted octanol–water partition coefficient (Wildman–Crippen LogP) is 1.64. The topological polar surface area (TPSA) is 12.0 Å². The van der Waals surface area contributed by atoms with E-state index in [4.69, 9.17) is 0 Å².